The molecule has 1 aromatic rings. The number of aliphatic carboxylic acids is 1. The summed E-state index contributed by atoms with van der Waals surface area (Å²) in [6.45, 7) is 7.19. The van der Waals surface area contributed by atoms with Crippen molar-refractivity contribution in [3.63, 3.8) is 0 Å². The number of furan rings is 1. The van der Waals surface area contributed by atoms with Gasteiger partial charge in [0.25, 0.3) is 5.91 Å². The molecule has 2 N–H and O–H groups in total. The number of carboxylic acid groups (broad SMARTS) is 1. The molecule has 0 saturated heterocycles. The standard InChI is InChI=1S/C15H23NO4/c1-9(15(18)19)6-5-7-10(2)16-14(17)13-8-11(3)20-12(13)4/h8-10H,5-7H2,1-4H3,(H,16,17)(H,18,19). The Hall–Kier alpha value is -1.78. The molecule has 112 valence electrons. The molecule has 1 heterocycles. The Bertz CT molecular complexity index is 478. The van der Waals surface area contributed by atoms with E-state index in [1.807, 2.05) is 6.92 Å². The van der Waals surface area contributed by atoms with Gasteiger partial charge in [0, 0.05) is 6.04 Å². The number of carbonyl (C=O) groups excluding carboxylic acids is 1. The summed E-state index contributed by atoms with van der Waals surface area (Å²) in [5.74, 6) is 0.0864. The van der Waals surface area contributed by atoms with E-state index < -0.39 is 5.97 Å². The molecule has 5 heteroatoms. The van der Waals surface area contributed by atoms with Crippen LogP contribution in [0.1, 0.15) is 55.0 Å². The summed E-state index contributed by atoms with van der Waals surface area (Å²) in [5, 5.41) is 11.7. The summed E-state index contributed by atoms with van der Waals surface area (Å²) in [6, 6.07) is 1.74. The molecule has 0 saturated carbocycles. The highest BCUT2D eigenvalue weighted by Crippen LogP contribution is 2.14. The average molecular weight is 281 g/mol. The summed E-state index contributed by atoms with van der Waals surface area (Å²) in [7, 11) is 0. The number of nitrogens with one attached hydrogen (secondary N) is 1. The van der Waals surface area contributed by atoms with Gasteiger partial charge in [-0.25, -0.2) is 0 Å². The zero-order chi connectivity index (χ0) is 15.3. The molecule has 0 aliphatic heterocycles. The van der Waals surface area contributed by atoms with E-state index in [4.69, 9.17) is 9.52 Å². The lowest BCUT2D eigenvalue weighted by Gasteiger charge is -2.14. The van der Waals surface area contributed by atoms with E-state index in [0.717, 1.165) is 18.6 Å². The van der Waals surface area contributed by atoms with Crippen LogP contribution in [-0.2, 0) is 4.79 Å². The molecule has 0 bridgehead atoms. The molecule has 5 nitrogen and oxygen atoms in total. The normalized spacial score (nSPS) is 13.8. The summed E-state index contributed by atoms with van der Waals surface area (Å²) < 4.78 is 5.33. The number of amides is 1. The topological polar surface area (TPSA) is 79.5 Å². The molecule has 1 aromatic heterocycles. The van der Waals surface area contributed by atoms with Crippen LogP contribution >= 0.6 is 0 Å². The van der Waals surface area contributed by atoms with Gasteiger partial charge in [-0.15, -0.1) is 0 Å². The second-order valence-corrected chi connectivity index (χ2v) is 5.37. The molecule has 2 atom stereocenters. The maximum atomic E-state index is 12.0. The van der Waals surface area contributed by atoms with E-state index in [0.29, 0.717) is 17.7 Å². The minimum Gasteiger partial charge on any atom is -0.481 e. The molecule has 0 spiro atoms. The van der Waals surface area contributed by atoms with Gasteiger partial charge in [0.05, 0.1) is 11.5 Å². The number of aryl methyl sites for hydroxylation is 2. The third-order valence-electron chi connectivity index (χ3n) is 3.36. The molecule has 0 radical (unpaired) electrons. The Kier molecular flexibility index (Phi) is 5.80. The second kappa shape index (κ2) is 7.12. The first-order valence-electron chi connectivity index (χ1n) is 6.92. The van der Waals surface area contributed by atoms with E-state index in [1.165, 1.54) is 0 Å². The summed E-state index contributed by atoms with van der Waals surface area (Å²) in [5.41, 5.74) is 0.563. The molecule has 0 aliphatic rings. The third kappa shape index (κ3) is 4.72. The lowest BCUT2D eigenvalue weighted by Crippen LogP contribution is -2.32. The number of carbonyl (C=O) groups is 2. The molecule has 0 aromatic carbocycles. The van der Waals surface area contributed by atoms with Crippen LogP contribution in [0.4, 0.5) is 0 Å². The van der Waals surface area contributed by atoms with E-state index in [9.17, 15) is 9.59 Å². The monoisotopic (exact) mass is 281 g/mol. The van der Waals surface area contributed by atoms with Crippen LogP contribution in [-0.4, -0.2) is 23.0 Å². The number of carboxylic acids is 1. The van der Waals surface area contributed by atoms with Crippen molar-refractivity contribution in [2.45, 2.75) is 53.0 Å². The van der Waals surface area contributed by atoms with Gasteiger partial charge in [-0.2, -0.15) is 0 Å². The van der Waals surface area contributed by atoms with E-state index in [1.54, 1.807) is 26.8 Å². The fraction of sp³-hybridized carbons (Fsp3) is 0.600. The van der Waals surface area contributed by atoms with Crippen molar-refractivity contribution in [3.8, 4) is 0 Å². The average Bonchev–Trinajstić information content (AvgIpc) is 2.68. The van der Waals surface area contributed by atoms with E-state index >= 15 is 0 Å². The fourth-order valence-corrected chi connectivity index (χ4v) is 2.08. The van der Waals surface area contributed by atoms with Gasteiger partial charge >= 0.3 is 5.97 Å². The highest BCUT2D eigenvalue weighted by Gasteiger charge is 2.16. The fourth-order valence-electron chi connectivity index (χ4n) is 2.08. The Morgan fingerprint density at radius 3 is 2.45 bits per heavy atom. The first kappa shape index (κ1) is 16.3. The zero-order valence-electron chi connectivity index (χ0n) is 12.5. The first-order valence-corrected chi connectivity index (χ1v) is 6.92. The smallest absolute Gasteiger partial charge is 0.306 e. The predicted molar refractivity (Wildman–Crippen MR) is 75.8 cm³/mol. The minimum atomic E-state index is -0.772. The van der Waals surface area contributed by atoms with Gasteiger partial charge in [0.2, 0.25) is 0 Å². The highest BCUT2D eigenvalue weighted by atomic mass is 16.4. The van der Waals surface area contributed by atoms with Gasteiger partial charge in [-0.05, 0) is 39.7 Å². The van der Waals surface area contributed by atoms with Crippen molar-refractivity contribution in [3.05, 3.63) is 23.2 Å². The first-order chi connectivity index (χ1) is 9.31. The third-order valence-corrected chi connectivity index (χ3v) is 3.36. The molecule has 0 aliphatic carbocycles. The van der Waals surface area contributed by atoms with Gasteiger partial charge < -0.3 is 14.8 Å². The quantitative estimate of drug-likeness (QED) is 0.805. The SMILES string of the molecule is Cc1cc(C(=O)NC(C)CCCC(C)C(=O)O)c(C)o1. The Balaban J connectivity index is 2.39. The van der Waals surface area contributed by atoms with Crippen LogP contribution in [0.5, 0.6) is 0 Å². The van der Waals surface area contributed by atoms with Crippen LogP contribution in [0.3, 0.4) is 0 Å². The summed E-state index contributed by atoms with van der Waals surface area (Å²) in [6.07, 6.45) is 2.16. The lowest BCUT2D eigenvalue weighted by molar-refractivity contribution is -0.141. The van der Waals surface area contributed by atoms with Gasteiger partial charge in [0.1, 0.15) is 11.5 Å². The predicted octanol–water partition coefficient (Wildman–Crippen LogP) is 2.91. The maximum absolute atomic E-state index is 12.0. The van der Waals surface area contributed by atoms with Crippen molar-refractivity contribution in [2.75, 3.05) is 0 Å². The van der Waals surface area contributed by atoms with Crippen molar-refractivity contribution in [1.82, 2.24) is 5.32 Å². The molecule has 0 fully saturated rings. The van der Waals surface area contributed by atoms with Gasteiger partial charge in [0.15, 0.2) is 0 Å². The van der Waals surface area contributed by atoms with Crippen LogP contribution in [0.2, 0.25) is 0 Å². The van der Waals surface area contributed by atoms with Crippen LogP contribution in [0, 0.1) is 19.8 Å². The van der Waals surface area contributed by atoms with Crippen LogP contribution in [0.15, 0.2) is 10.5 Å². The Labute approximate surface area is 119 Å². The van der Waals surface area contributed by atoms with Crippen molar-refractivity contribution >= 4 is 11.9 Å². The van der Waals surface area contributed by atoms with Crippen molar-refractivity contribution in [2.24, 2.45) is 5.92 Å². The van der Waals surface area contributed by atoms with Gasteiger partial charge in [-0.1, -0.05) is 13.3 Å². The summed E-state index contributed by atoms with van der Waals surface area (Å²) >= 11 is 0. The largest absolute Gasteiger partial charge is 0.481 e. The van der Waals surface area contributed by atoms with Crippen molar-refractivity contribution in [1.29, 1.82) is 0 Å². The Morgan fingerprint density at radius 2 is 1.95 bits per heavy atom. The maximum Gasteiger partial charge on any atom is 0.306 e. The number of rotatable bonds is 7. The number of hydrogen-bond donors (Lipinski definition) is 2. The highest BCUT2D eigenvalue weighted by molar-refractivity contribution is 5.95. The van der Waals surface area contributed by atoms with Crippen LogP contribution in [0.25, 0.3) is 0 Å². The molecule has 2 unspecified atom stereocenters. The minimum absolute atomic E-state index is 0.0121. The van der Waals surface area contributed by atoms with E-state index in [-0.39, 0.29) is 17.9 Å². The molecule has 20 heavy (non-hydrogen) atoms. The van der Waals surface area contributed by atoms with Crippen molar-refractivity contribution < 1.29 is 19.1 Å². The van der Waals surface area contributed by atoms with Gasteiger partial charge in [-0.3, -0.25) is 9.59 Å². The molecular weight excluding hydrogens is 258 g/mol. The molecular formula is C15H23NO4. The van der Waals surface area contributed by atoms with E-state index in [2.05, 4.69) is 5.32 Å². The lowest BCUT2D eigenvalue weighted by atomic mass is 10.0. The second-order valence-electron chi connectivity index (χ2n) is 5.37. The zero-order valence-corrected chi connectivity index (χ0v) is 12.5. The van der Waals surface area contributed by atoms with Crippen LogP contribution < -0.4 is 5.32 Å². The molecule has 1 amide bonds. The molecule has 1 rings (SSSR count). The number of hydrogen-bond acceptors (Lipinski definition) is 3. The Morgan fingerprint density at radius 1 is 1.30 bits per heavy atom. The summed E-state index contributed by atoms with van der Waals surface area (Å²) in [4.78, 5) is 22.7.